The zero-order valence-electron chi connectivity index (χ0n) is 12.0. The first-order chi connectivity index (χ1) is 9.31. The van der Waals surface area contributed by atoms with E-state index in [-0.39, 0.29) is 0 Å². The maximum Gasteiger partial charge on any atom is 0.133 e. The molecule has 0 amide bonds. The fraction of sp³-hybridized carbons (Fsp3) is 0.800. The minimum absolute atomic E-state index is 0.866. The van der Waals surface area contributed by atoms with Gasteiger partial charge in [-0.1, -0.05) is 24.4 Å². The van der Waals surface area contributed by atoms with Crippen molar-refractivity contribution in [2.75, 3.05) is 26.2 Å². The molecular weight excluding hydrogens is 238 g/mol. The Hall–Kier alpha value is -0.870. The van der Waals surface area contributed by atoms with Crippen LogP contribution in [-0.2, 0) is 6.54 Å². The van der Waals surface area contributed by atoms with Crippen LogP contribution in [0, 0.1) is 6.92 Å². The van der Waals surface area contributed by atoms with Crippen molar-refractivity contribution in [2.24, 2.45) is 0 Å². The van der Waals surface area contributed by atoms with Crippen molar-refractivity contribution in [3.05, 3.63) is 17.5 Å². The topological polar surface area (TPSA) is 32.5 Å². The molecule has 2 fully saturated rings. The third-order valence-corrected chi connectivity index (χ3v) is 4.56. The highest BCUT2D eigenvalue weighted by molar-refractivity contribution is 5.03. The Kier molecular flexibility index (Phi) is 4.18. The zero-order chi connectivity index (χ0) is 13.1. The lowest BCUT2D eigenvalue weighted by Gasteiger charge is -2.40. The van der Waals surface area contributed by atoms with Crippen molar-refractivity contribution in [1.29, 1.82) is 0 Å². The Bertz CT molecular complexity index is 390. The van der Waals surface area contributed by atoms with E-state index >= 15 is 0 Å². The van der Waals surface area contributed by atoms with Crippen molar-refractivity contribution in [1.82, 2.24) is 15.0 Å². The molecule has 0 radical (unpaired) electrons. The molecule has 3 rings (SSSR count). The lowest BCUT2D eigenvalue weighted by molar-refractivity contribution is 0.0744. The summed E-state index contributed by atoms with van der Waals surface area (Å²) in [5.41, 5.74) is 1.07. The summed E-state index contributed by atoms with van der Waals surface area (Å²) in [4.78, 5) is 5.21. The number of rotatable bonds is 3. The number of piperazine rings is 1. The fourth-order valence-electron chi connectivity index (χ4n) is 3.45. The van der Waals surface area contributed by atoms with Gasteiger partial charge < -0.3 is 4.52 Å². The van der Waals surface area contributed by atoms with Crippen LogP contribution in [-0.4, -0.2) is 47.2 Å². The van der Waals surface area contributed by atoms with Crippen LogP contribution in [0.1, 0.15) is 43.6 Å². The van der Waals surface area contributed by atoms with Crippen LogP contribution in [0.3, 0.4) is 0 Å². The van der Waals surface area contributed by atoms with Crippen LogP contribution in [0.25, 0.3) is 0 Å². The monoisotopic (exact) mass is 263 g/mol. The Morgan fingerprint density at radius 1 is 1.16 bits per heavy atom. The van der Waals surface area contributed by atoms with Crippen molar-refractivity contribution < 1.29 is 4.52 Å². The molecule has 0 bridgehead atoms. The standard InChI is InChI=1S/C15H25N3O/c1-13-11-14(16-19-13)12-17-7-9-18(10-8-17)15-5-3-2-4-6-15/h11,15H,2-10,12H2,1H3. The quantitative estimate of drug-likeness (QED) is 0.838. The van der Waals surface area contributed by atoms with Gasteiger partial charge in [-0.15, -0.1) is 0 Å². The van der Waals surface area contributed by atoms with E-state index < -0.39 is 0 Å². The van der Waals surface area contributed by atoms with Gasteiger partial charge in [0, 0.05) is 44.8 Å². The number of aryl methyl sites for hydroxylation is 1. The molecule has 1 saturated heterocycles. The highest BCUT2D eigenvalue weighted by atomic mass is 16.5. The molecule has 0 aromatic carbocycles. The molecule has 4 heteroatoms. The van der Waals surface area contributed by atoms with Gasteiger partial charge in [-0.25, -0.2) is 0 Å². The van der Waals surface area contributed by atoms with Crippen molar-refractivity contribution in [3.8, 4) is 0 Å². The van der Waals surface area contributed by atoms with Gasteiger partial charge in [0.15, 0.2) is 0 Å². The molecule has 1 saturated carbocycles. The third-order valence-electron chi connectivity index (χ3n) is 4.56. The van der Waals surface area contributed by atoms with Gasteiger partial charge in [-0.2, -0.15) is 0 Å². The van der Waals surface area contributed by atoms with E-state index in [9.17, 15) is 0 Å². The highest BCUT2D eigenvalue weighted by Gasteiger charge is 2.25. The average Bonchev–Trinajstić information content (AvgIpc) is 2.86. The summed E-state index contributed by atoms with van der Waals surface area (Å²) in [6.07, 6.45) is 7.15. The van der Waals surface area contributed by atoms with Gasteiger partial charge in [-0.3, -0.25) is 9.80 Å². The average molecular weight is 263 g/mol. The molecule has 2 heterocycles. The maximum absolute atomic E-state index is 5.14. The van der Waals surface area contributed by atoms with E-state index in [2.05, 4.69) is 15.0 Å². The Morgan fingerprint density at radius 2 is 1.89 bits per heavy atom. The van der Waals surface area contributed by atoms with E-state index in [1.165, 1.54) is 58.3 Å². The second kappa shape index (κ2) is 6.06. The minimum atomic E-state index is 0.866. The largest absolute Gasteiger partial charge is 0.361 e. The van der Waals surface area contributed by atoms with Crippen LogP contribution in [0.15, 0.2) is 10.6 Å². The van der Waals surface area contributed by atoms with Gasteiger partial charge >= 0.3 is 0 Å². The number of nitrogens with zero attached hydrogens (tertiary/aromatic N) is 3. The molecular formula is C15H25N3O. The first-order valence-corrected chi connectivity index (χ1v) is 7.70. The summed E-state index contributed by atoms with van der Waals surface area (Å²) in [5.74, 6) is 0.913. The molecule has 4 nitrogen and oxygen atoms in total. The predicted octanol–water partition coefficient (Wildman–Crippen LogP) is 2.43. The van der Waals surface area contributed by atoms with E-state index in [0.717, 1.165) is 24.0 Å². The van der Waals surface area contributed by atoms with Crippen LogP contribution >= 0.6 is 0 Å². The molecule has 0 atom stereocenters. The van der Waals surface area contributed by atoms with Gasteiger partial charge in [0.2, 0.25) is 0 Å². The van der Waals surface area contributed by atoms with Gasteiger partial charge in [0.25, 0.3) is 0 Å². The summed E-state index contributed by atoms with van der Waals surface area (Å²) in [5, 5.41) is 4.09. The van der Waals surface area contributed by atoms with Crippen LogP contribution in [0.4, 0.5) is 0 Å². The molecule has 0 unspecified atom stereocenters. The normalized spacial score (nSPS) is 23.8. The molecule has 106 valence electrons. The molecule has 19 heavy (non-hydrogen) atoms. The van der Waals surface area contributed by atoms with Crippen LogP contribution < -0.4 is 0 Å². The van der Waals surface area contributed by atoms with Crippen molar-refractivity contribution in [2.45, 2.75) is 51.6 Å². The first-order valence-electron chi connectivity index (χ1n) is 7.70. The molecule has 1 aromatic rings. The summed E-state index contributed by atoms with van der Waals surface area (Å²) >= 11 is 0. The predicted molar refractivity (Wildman–Crippen MR) is 75.0 cm³/mol. The smallest absolute Gasteiger partial charge is 0.133 e. The molecule has 0 spiro atoms. The van der Waals surface area contributed by atoms with Gasteiger partial charge in [0.05, 0.1) is 5.69 Å². The van der Waals surface area contributed by atoms with E-state index in [0.29, 0.717) is 0 Å². The van der Waals surface area contributed by atoms with E-state index in [4.69, 9.17) is 4.52 Å². The number of aromatic nitrogens is 1. The summed E-state index contributed by atoms with van der Waals surface area (Å²) in [7, 11) is 0. The van der Waals surface area contributed by atoms with Crippen LogP contribution in [0.2, 0.25) is 0 Å². The second-order valence-corrected chi connectivity index (χ2v) is 6.03. The zero-order valence-corrected chi connectivity index (χ0v) is 12.0. The van der Waals surface area contributed by atoms with Crippen molar-refractivity contribution >= 4 is 0 Å². The molecule has 0 N–H and O–H groups in total. The molecule has 1 aliphatic heterocycles. The number of hydrogen-bond donors (Lipinski definition) is 0. The first kappa shape index (κ1) is 13.1. The summed E-state index contributed by atoms with van der Waals surface area (Å²) < 4.78 is 5.14. The number of hydrogen-bond acceptors (Lipinski definition) is 4. The SMILES string of the molecule is Cc1cc(CN2CCN(C3CCCCC3)CC2)no1. The second-order valence-electron chi connectivity index (χ2n) is 6.03. The van der Waals surface area contributed by atoms with E-state index in [1.54, 1.807) is 0 Å². The Morgan fingerprint density at radius 3 is 2.53 bits per heavy atom. The Labute approximate surface area is 115 Å². The van der Waals surface area contributed by atoms with Crippen molar-refractivity contribution in [3.63, 3.8) is 0 Å². The van der Waals surface area contributed by atoms with E-state index in [1.807, 2.05) is 13.0 Å². The summed E-state index contributed by atoms with van der Waals surface area (Å²) in [6.45, 7) is 7.68. The highest BCUT2D eigenvalue weighted by Crippen LogP contribution is 2.23. The molecule has 2 aliphatic rings. The Balaban J connectivity index is 1.46. The molecule has 1 aliphatic carbocycles. The fourth-order valence-corrected chi connectivity index (χ4v) is 3.45. The summed E-state index contributed by atoms with van der Waals surface area (Å²) in [6, 6.07) is 2.92. The molecule has 1 aromatic heterocycles. The maximum atomic E-state index is 5.14. The lowest BCUT2D eigenvalue weighted by Crippen LogP contribution is -2.50. The minimum Gasteiger partial charge on any atom is -0.361 e. The lowest BCUT2D eigenvalue weighted by atomic mass is 9.94. The van der Waals surface area contributed by atoms with Crippen LogP contribution in [0.5, 0.6) is 0 Å². The van der Waals surface area contributed by atoms with Gasteiger partial charge in [0.1, 0.15) is 5.76 Å². The third kappa shape index (κ3) is 3.37. The van der Waals surface area contributed by atoms with Gasteiger partial charge in [-0.05, 0) is 19.8 Å².